The number of nitrogens with one attached hydrogen (secondary N) is 2. The van der Waals surface area contributed by atoms with Crippen molar-refractivity contribution >= 4 is 17.5 Å². The SMILES string of the molecule is O=C(CNc1cc(N2CCCC2CO)ncn1)NCC1CC1. The third kappa shape index (κ3) is 3.85. The Bertz CT molecular complexity index is 520. The van der Waals surface area contributed by atoms with Gasteiger partial charge in [-0.1, -0.05) is 0 Å². The molecule has 1 saturated heterocycles. The monoisotopic (exact) mass is 305 g/mol. The molecule has 0 bridgehead atoms. The molecule has 2 fully saturated rings. The highest BCUT2D eigenvalue weighted by molar-refractivity contribution is 5.80. The second-order valence-electron chi connectivity index (χ2n) is 6.03. The van der Waals surface area contributed by atoms with Crippen LogP contribution in [0.3, 0.4) is 0 Å². The number of hydrogen-bond acceptors (Lipinski definition) is 6. The molecule has 2 heterocycles. The number of aliphatic hydroxyl groups excluding tert-OH is 1. The van der Waals surface area contributed by atoms with E-state index < -0.39 is 0 Å². The van der Waals surface area contributed by atoms with Gasteiger partial charge in [0.05, 0.1) is 19.2 Å². The molecular weight excluding hydrogens is 282 g/mol. The van der Waals surface area contributed by atoms with Crippen LogP contribution >= 0.6 is 0 Å². The summed E-state index contributed by atoms with van der Waals surface area (Å²) in [7, 11) is 0. The van der Waals surface area contributed by atoms with Gasteiger partial charge in [-0.05, 0) is 31.6 Å². The number of carbonyl (C=O) groups is 1. The summed E-state index contributed by atoms with van der Waals surface area (Å²) < 4.78 is 0. The zero-order valence-corrected chi connectivity index (χ0v) is 12.7. The maximum atomic E-state index is 11.7. The summed E-state index contributed by atoms with van der Waals surface area (Å²) in [5.41, 5.74) is 0. The van der Waals surface area contributed by atoms with E-state index in [1.807, 2.05) is 6.07 Å². The van der Waals surface area contributed by atoms with Crippen molar-refractivity contribution in [1.82, 2.24) is 15.3 Å². The number of hydrogen-bond donors (Lipinski definition) is 3. The molecule has 7 heteroatoms. The minimum Gasteiger partial charge on any atom is -0.394 e. The number of aromatic nitrogens is 2. The van der Waals surface area contributed by atoms with E-state index in [4.69, 9.17) is 0 Å². The number of carbonyl (C=O) groups excluding carboxylic acids is 1. The standard InChI is InChI=1S/C15H23N5O2/c21-9-12-2-1-5-20(12)14-6-13(18-10-19-14)16-8-15(22)17-7-11-3-4-11/h6,10-12,21H,1-5,7-9H2,(H,17,22)(H,16,18,19). The highest BCUT2D eigenvalue weighted by Crippen LogP contribution is 2.27. The third-order valence-corrected chi connectivity index (χ3v) is 4.25. The van der Waals surface area contributed by atoms with Crippen molar-refractivity contribution in [2.75, 3.05) is 36.5 Å². The quantitative estimate of drug-likeness (QED) is 0.674. The molecule has 1 aliphatic heterocycles. The van der Waals surface area contributed by atoms with Gasteiger partial charge >= 0.3 is 0 Å². The molecule has 22 heavy (non-hydrogen) atoms. The Morgan fingerprint density at radius 1 is 1.36 bits per heavy atom. The lowest BCUT2D eigenvalue weighted by Gasteiger charge is -2.24. The van der Waals surface area contributed by atoms with Gasteiger partial charge in [0.1, 0.15) is 18.0 Å². The Morgan fingerprint density at radius 3 is 3.00 bits per heavy atom. The smallest absolute Gasteiger partial charge is 0.239 e. The van der Waals surface area contributed by atoms with Crippen LogP contribution in [0.1, 0.15) is 25.7 Å². The summed E-state index contributed by atoms with van der Waals surface area (Å²) in [6.07, 6.45) is 5.98. The van der Waals surface area contributed by atoms with Crippen LogP contribution in [0.5, 0.6) is 0 Å². The Labute approximate surface area is 130 Å². The zero-order chi connectivity index (χ0) is 15.4. The molecule has 1 unspecified atom stereocenters. The summed E-state index contributed by atoms with van der Waals surface area (Å²) in [5, 5.41) is 15.3. The van der Waals surface area contributed by atoms with E-state index in [2.05, 4.69) is 25.5 Å². The van der Waals surface area contributed by atoms with Gasteiger partial charge in [0.15, 0.2) is 0 Å². The third-order valence-electron chi connectivity index (χ3n) is 4.25. The molecule has 1 amide bonds. The Hall–Kier alpha value is -1.89. The van der Waals surface area contributed by atoms with Gasteiger partial charge in [-0.2, -0.15) is 0 Å². The van der Waals surface area contributed by atoms with Gasteiger partial charge in [-0.3, -0.25) is 4.79 Å². The lowest BCUT2D eigenvalue weighted by atomic mass is 10.2. The van der Waals surface area contributed by atoms with Crippen LogP contribution in [0.15, 0.2) is 12.4 Å². The maximum absolute atomic E-state index is 11.7. The van der Waals surface area contributed by atoms with Crippen LogP contribution < -0.4 is 15.5 Å². The lowest BCUT2D eigenvalue weighted by Crippen LogP contribution is -2.33. The molecule has 1 aromatic heterocycles. The second-order valence-corrected chi connectivity index (χ2v) is 6.03. The van der Waals surface area contributed by atoms with Crippen molar-refractivity contribution in [3.05, 3.63) is 12.4 Å². The van der Waals surface area contributed by atoms with Crippen LogP contribution in [0.2, 0.25) is 0 Å². The molecule has 120 valence electrons. The maximum Gasteiger partial charge on any atom is 0.239 e. The summed E-state index contributed by atoms with van der Waals surface area (Å²) in [6, 6.07) is 1.96. The molecule has 1 saturated carbocycles. The zero-order valence-electron chi connectivity index (χ0n) is 12.7. The van der Waals surface area contributed by atoms with Gasteiger partial charge in [-0.25, -0.2) is 9.97 Å². The van der Waals surface area contributed by atoms with Crippen molar-refractivity contribution in [2.24, 2.45) is 5.92 Å². The van der Waals surface area contributed by atoms with E-state index in [0.29, 0.717) is 11.7 Å². The fraction of sp³-hybridized carbons (Fsp3) is 0.667. The van der Waals surface area contributed by atoms with Gasteiger partial charge in [0.25, 0.3) is 0 Å². The van der Waals surface area contributed by atoms with E-state index in [-0.39, 0.29) is 25.1 Å². The molecule has 0 aromatic carbocycles. The van der Waals surface area contributed by atoms with Crippen molar-refractivity contribution in [1.29, 1.82) is 0 Å². The molecule has 3 rings (SSSR count). The molecule has 1 atom stereocenters. The van der Waals surface area contributed by atoms with E-state index in [1.54, 1.807) is 0 Å². The van der Waals surface area contributed by atoms with E-state index in [0.717, 1.165) is 31.7 Å². The van der Waals surface area contributed by atoms with Gasteiger partial charge < -0.3 is 20.6 Å². The van der Waals surface area contributed by atoms with Crippen LogP contribution in [-0.4, -0.2) is 53.3 Å². The molecule has 2 aliphatic rings. The van der Waals surface area contributed by atoms with E-state index in [9.17, 15) is 9.90 Å². The van der Waals surface area contributed by atoms with E-state index >= 15 is 0 Å². The van der Waals surface area contributed by atoms with Crippen LogP contribution in [0.25, 0.3) is 0 Å². The lowest BCUT2D eigenvalue weighted by molar-refractivity contribution is -0.119. The first-order valence-electron chi connectivity index (χ1n) is 7.96. The highest BCUT2D eigenvalue weighted by Gasteiger charge is 2.25. The number of anilines is 2. The summed E-state index contributed by atoms with van der Waals surface area (Å²) in [5.74, 6) is 2.10. The molecule has 7 nitrogen and oxygen atoms in total. The molecule has 1 aromatic rings. The second kappa shape index (κ2) is 6.91. The highest BCUT2D eigenvalue weighted by atomic mass is 16.3. The molecular formula is C15H23N5O2. The summed E-state index contributed by atoms with van der Waals surface area (Å²) in [4.78, 5) is 22.3. The average Bonchev–Trinajstić information content (AvgIpc) is 3.26. The molecule has 0 radical (unpaired) electrons. The van der Waals surface area contributed by atoms with Crippen molar-refractivity contribution in [3.8, 4) is 0 Å². The fourth-order valence-electron chi connectivity index (χ4n) is 2.74. The summed E-state index contributed by atoms with van der Waals surface area (Å²) in [6.45, 7) is 2.02. The van der Waals surface area contributed by atoms with Gasteiger partial charge in [0, 0.05) is 19.2 Å². The van der Waals surface area contributed by atoms with Crippen molar-refractivity contribution < 1.29 is 9.90 Å². The normalized spacial score (nSPS) is 21.0. The van der Waals surface area contributed by atoms with Crippen LogP contribution in [-0.2, 0) is 4.79 Å². The predicted molar refractivity (Wildman–Crippen MR) is 83.7 cm³/mol. The van der Waals surface area contributed by atoms with Gasteiger partial charge in [0.2, 0.25) is 5.91 Å². The molecule has 1 aliphatic carbocycles. The van der Waals surface area contributed by atoms with Gasteiger partial charge in [-0.15, -0.1) is 0 Å². The van der Waals surface area contributed by atoms with Crippen LogP contribution in [0, 0.1) is 5.92 Å². The Kier molecular flexibility index (Phi) is 4.72. The predicted octanol–water partition coefficient (Wildman–Crippen LogP) is 0.376. The minimum atomic E-state index is -0.0125. The number of aliphatic hydroxyl groups is 1. The average molecular weight is 305 g/mol. The topological polar surface area (TPSA) is 90.4 Å². The summed E-state index contributed by atoms with van der Waals surface area (Å²) >= 11 is 0. The minimum absolute atomic E-state index is 0.0125. The van der Waals surface area contributed by atoms with E-state index in [1.165, 1.54) is 19.2 Å². The first kappa shape index (κ1) is 15.0. The first-order chi connectivity index (χ1) is 10.8. The van der Waals surface area contributed by atoms with Crippen molar-refractivity contribution in [2.45, 2.75) is 31.7 Å². The van der Waals surface area contributed by atoms with Crippen LogP contribution in [0.4, 0.5) is 11.6 Å². The Morgan fingerprint density at radius 2 is 2.23 bits per heavy atom. The fourth-order valence-corrected chi connectivity index (χ4v) is 2.74. The first-order valence-corrected chi connectivity index (χ1v) is 7.96. The number of rotatable bonds is 7. The number of nitrogens with zero attached hydrogens (tertiary/aromatic N) is 3. The largest absolute Gasteiger partial charge is 0.394 e. The molecule has 0 spiro atoms. The Balaban J connectivity index is 1.53. The molecule has 3 N–H and O–H groups in total. The number of amides is 1. The van der Waals surface area contributed by atoms with Crippen molar-refractivity contribution in [3.63, 3.8) is 0 Å².